The molecule has 2 saturated heterocycles. The van der Waals surface area contributed by atoms with Gasteiger partial charge in [-0.05, 0) is 23.8 Å². The van der Waals surface area contributed by atoms with Gasteiger partial charge in [0.25, 0.3) is 0 Å². The third-order valence-electron chi connectivity index (χ3n) is 5.30. The van der Waals surface area contributed by atoms with Gasteiger partial charge in [0.1, 0.15) is 0 Å². The lowest BCUT2D eigenvalue weighted by molar-refractivity contribution is 0.0626. The number of methoxy groups -OCH3 is 1. The highest BCUT2D eigenvalue weighted by atomic mass is 32.2. The van der Waals surface area contributed by atoms with Gasteiger partial charge in [0.05, 0.1) is 17.5 Å². The van der Waals surface area contributed by atoms with E-state index in [1.807, 2.05) is 6.07 Å². The number of rotatable bonds is 4. The molecule has 1 N–H and O–H groups in total. The highest BCUT2D eigenvalue weighted by molar-refractivity contribution is 7.89. The van der Waals surface area contributed by atoms with Gasteiger partial charge in [-0.2, -0.15) is 4.31 Å². The van der Waals surface area contributed by atoms with Crippen LogP contribution in [0.25, 0.3) is 11.1 Å². The summed E-state index contributed by atoms with van der Waals surface area (Å²) < 4.78 is 32.1. The Balaban J connectivity index is 1.51. The number of benzene rings is 1. The Bertz CT molecular complexity index is 967. The zero-order valence-corrected chi connectivity index (χ0v) is 15.9. The van der Waals surface area contributed by atoms with Gasteiger partial charge in [-0.15, -0.1) is 0 Å². The van der Waals surface area contributed by atoms with E-state index in [4.69, 9.17) is 4.74 Å². The maximum absolute atomic E-state index is 12.8. The number of sulfonamides is 1. The van der Waals surface area contributed by atoms with Crippen LogP contribution in [0.4, 0.5) is 4.79 Å². The van der Waals surface area contributed by atoms with Gasteiger partial charge in [-0.1, -0.05) is 12.1 Å². The van der Waals surface area contributed by atoms with Crippen molar-refractivity contribution in [3.8, 4) is 17.0 Å². The van der Waals surface area contributed by atoms with E-state index < -0.39 is 15.6 Å². The number of carbonyl (C=O) groups excluding carboxylic acids is 1. The Morgan fingerprint density at radius 1 is 1.11 bits per heavy atom. The van der Waals surface area contributed by atoms with Crippen LogP contribution in [-0.2, 0) is 10.0 Å². The van der Waals surface area contributed by atoms with Crippen molar-refractivity contribution in [1.29, 1.82) is 0 Å². The number of urea groups is 1. The lowest BCUT2D eigenvalue weighted by Crippen LogP contribution is -2.69. The summed E-state index contributed by atoms with van der Waals surface area (Å²) in [6.07, 6.45) is 1.68. The van der Waals surface area contributed by atoms with E-state index in [-0.39, 0.29) is 10.9 Å². The SMILES string of the molecule is COc1ccc(-c2ccc(S(=O)(=O)N3CC4(CNC(=O)N4C)C3)cc2)cn1. The van der Waals surface area contributed by atoms with Crippen LogP contribution in [0.1, 0.15) is 0 Å². The molecule has 0 saturated carbocycles. The van der Waals surface area contributed by atoms with Crippen LogP contribution >= 0.6 is 0 Å². The Kier molecular flexibility index (Phi) is 4.08. The van der Waals surface area contributed by atoms with Crippen molar-refractivity contribution >= 4 is 16.1 Å². The van der Waals surface area contributed by atoms with Crippen molar-refractivity contribution in [2.45, 2.75) is 10.4 Å². The summed E-state index contributed by atoms with van der Waals surface area (Å²) in [5.74, 6) is 0.523. The molecule has 1 aromatic heterocycles. The fourth-order valence-electron chi connectivity index (χ4n) is 3.44. The predicted octanol–water partition coefficient (Wildman–Crippen LogP) is 1.16. The number of nitrogens with one attached hydrogen (secondary N) is 1. The van der Waals surface area contributed by atoms with E-state index >= 15 is 0 Å². The normalized spacial score (nSPS) is 19.0. The number of pyridine rings is 1. The van der Waals surface area contributed by atoms with Gasteiger partial charge in [-0.25, -0.2) is 18.2 Å². The molecule has 0 unspecified atom stereocenters. The summed E-state index contributed by atoms with van der Waals surface area (Å²) in [4.78, 5) is 17.7. The largest absolute Gasteiger partial charge is 0.481 e. The van der Waals surface area contributed by atoms with Crippen molar-refractivity contribution in [3.05, 3.63) is 42.6 Å². The molecule has 8 nitrogen and oxygen atoms in total. The molecule has 0 atom stereocenters. The van der Waals surface area contributed by atoms with Crippen molar-refractivity contribution < 1.29 is 17.9 Å². The zero-order valence-electron chi connectivity index (χ0n) is 15.0. The van der Waals surface area contributed by atoms with Crippen LogP contribution in [0.2, 0.25) is 0 Å². The fourth-order valence-corrected chi connectivity index (χ4v) is 5.04. The Morgan fingerprint density at radius 3 is 2.30 bits per heavy atom. The quantitative estimate of drug-likeness (QED) is 0.849. The highest BCUT2D eigenvalue weighted by Crippen LogP contribution is 2.34. The molecule has 4 rings (SSSR count). The van der Waals surface area contributed by atoms with Crippen LogP contribution in [0.5, 0.6) is 5.88 Å². The topological polar surface area (TPSA) is 91.8 Å². The average molecular weight is 388 g/mol. The smallest absolute Gasteiger partial charge is 0.317 e. The third-order valence-corrected chi connectivity index (χ3v) is 7.10. The van der Waals surface area contributed by atoms with E-state index in [0.717, 1.165) is 11.1 Å². The minimum absolute atomic E-state index is 0.162. The number of hydrogen-bond acceptors (Lipinski definition) is 5. The van der Waals surface area contributed by atoms with Crippen molar-refractivity contribution in [2.75, 3.05) is 33.8 Å². The summed E-state index contributed by atoms with van der Waals surface area (Å²) >= 11 is 0. The standard InChI is InChI=1S/C18H20N4O4S/c1-21-17(23)20-10-18(21)11-22(12-18)27(24,25)15-6-3-13(4-7-15)14-5-8-16(26-2)19-9-14/h3-9H,10-12H2,1-2H3,(H,20,23). The first-order valence-electron chi connectivity index (χ1n) is 8.48. The number of nitrogens with zero attached hydrogens (tertiary/aromatic N) is 3. The van der Waals surface area contributed by atoms with Gasteiger partial charge in [-0.3, -0.25) is 0 Å². The number of hydrogen-bond donors (Lipinski definition) is 1. The molecule has 27 heavy (non-hydrogen) atoms. The van der Waals surface area contributed by atoms with Crippen LogP contribution in [0, 0.1) is 0 Å². The first-order valence-corrected chi connectivity index (χ1v) is 9.92. The minimum atomic E-state index is -3.58. The van der Waals surface area contributed by atoms with Crippen molar-refractivity contribution in [1.82, 2.24) is 19.5 Å². The molecule has 142 valence electrons. The number of carbonyl (C=O) groups is 1. The molecule has 2 amide bonds. The lowest BCUT2D eigenvalue weighted by atomic mass is 9.92. The molecule has 3 heterocycles. The average Bonchev–Trinajstić information content (AvgIpc) is 2.96. The van der Waals surface area contributed by atoms with Gasteiger partial charge in [0, 0.05) is 44.5 Å². The summed E-state index contributed by atoms with van der Waals surface area (Å²) in [5, 5.41) is 2.76. The lowest BCUT2D eigenvalue weighted by Gasteiger charge is -2.49. The maximum atomic E-state index is 12.8. The second kappa shape index (κ2) is 6.21. The molecule has 2 aliphatic heterocycles. The van der Waals surface area contributed by atoms with E-state index in [2.05, 4.69) is 10.3 Å². The molecule has 2 aliphatic rings. The van der Waals surface area contributed by atoms with Crippen molar-refractivity contribution in [3.63, 3.8) is 0 Å². The molecule has 0 bridgehead atoms. The highest BCUT2D eigenvalue weighted by Gasteiger charge is 2.55. The molecule has 9 heteroatoms. The molecular formula is C18H20N4O4S. The summed E-state index contributed by atoms with van der Waals surface area (Å²) in [5.41, 5.74) is 1.31. The second-order valence-corrected chi connectivity index (χ2v) is 8.77. The van der Waals surface area contributed by atoms with Crippen LogP contribution < -0.4 is 10.1 Å². The van der Waals surface area contributed by atoms with Gasteiger partial charge in [0.15, 0.2) is 0 Å². The molecule has 0 aliphatic carbocycles. The second-order valence-electron chi connectivity index (χ2n) is 6.83. The van der Waals surface area contributed by atoms with E-state index in [1.165, 1.54) is 4.31 Å². The fraction of sp³-hybridized carbons (Fsp3) is 0.333. The van der Waals surface area contributed by atoms with Gasteiger partial charge < -0.3 is 15.0 Å². The number of aromatic nitrogens is 1. The number of amides is 2. The van der Waals surface area contributed by atoms with E-state index in [1.54, 1.807) is 55.6 Å². The molecule has 1 spiro atoms. The minimum Gasteiger partial charge on any atom is -0.481 e. The van der Waals surface area contributed by atoms with Crippen LogP contribution in [0.15, 0.2) is 47.5 Å². The summed E-state index contributed by atoms with van der Waals surface area (Å²) in [6, 6.07) is 10.2. The maximum Gasteiger partial charge on any atom is 0.317 e. The number of likely N-dealkylation sites (N-methyl/N-ethyl adjacent to an activating group) is 1. The first kappa shape index (κ1) is 17.7. The van der Waals surface area contributed by atoms with E-state index in [9.17, 15) is 13.2 Å². The molecule has 0 radical (unpaired) electrons. The van der Waals surface area contributed by atoms with Gasteiger partial charge in [0.2, 0.25) is 15.9 Å². The number of ether oxygens (including phenoxy) is 1. The Labute approximate surface area is 157 Å². The molecule has 2 fully saturated rings. The molecular weight excluding hydrogens is 368 g/mol. The first-order chi connectivity index (χ1) is 12.9. The summed E-state index contributed by atoms with van der Waals surface area (Å²) in [6.45, 7) is 1.07. The van der Waals surface area contributed by atoms with Crippen LogP contribution in [0.3, 0.4) is 0 Å². The zero-order chi connectivity index (χ0) is 19.2. The molecule has 2 aromatic rings. The predicted molar refractivity (Wildman–Crippen MR) is 98.9 cm³/mol. The van der Waals surface area contributed by atoms with Crippen molar-refractivity contribution in [2.24, 2.45) is 0 Å². The van der Waals surface area contributed by atoms with Gasteiger partial charge >= 0.3 is 6.03 Å². The molecule has 1 aromatic carbocycles. The summed E-state index contributed by atoms with van der Waals surface area (Å²) in [7, 11) is -0.333. The van der Waals surface area contributed by atoms with Crippen LogP contribution in [-0.4, -0.2) is 68.0 Å². The Morgan fingerprint density at radius 2 is 1.78 bits per heavy atom. The monoisotopic (exact) mass is 388 g/mol. The third kappa shape index (κ3) is 2.83. The Hall–Kier alpha value is -2.65. The van der Waals surface area contributed by atoms with E-state index in [0.29, 0.717) is 25.5 Å².